The van der Waals surface area contributed by atoms with E-state index >= 15 is 0 Å². The SMILES string of the molecule is COC[C@H]1CCCN(S(=O)(=O)c2cccc(C(=O)N3CCC3)c2)C1. The molecule has 2 heterocycles. The molecule has 0 N–H and O–H groups in total. The Bertz CT molecular complexity index is 698. The molecule has 24 heavy (non-hydrogen) atoms. The predicted octanol–water partition coefficient (Wildman–Crippen LogP) is 1.58. The molecule has 1 aromatic carbocycles. The maximum Gasteiger partial charge on any atom is 0.253 e. The van der Waals surface area contributed by atoms with Crippen molar-refractivity contribution in [2.24, 2.45) is 5.92 Å². The van der Waals surface area contributed by atoms with Crippen LogP contribution in [0.4, 0.5) is 0 Å². The number of likely N-dealkylation sites (tertiary alicyclic amines) is 1. The first kappa shape index (κ1) is 17.4. The predicted molar refractivity (Wildman–Crippen MR) is 90.3 cm³/mol. The molecule has 2 aliphatic rings. The van der Waals surface area contributed by atoms with Crippen molar-refractivity contribution in [3.05, 3.63) is 29.8 Å². The molecule has 0 spiro atoms. The van der Waals surface area contributed by atoms with Gasteiger partial charge in [-0.1, -0.05) is 6.07 Å². The number of methoxy groups -OCH3 is 1. The van der Waals surface area contributed by atoms with Crippen LogP contribution in [0.15, 0.2) is 29.2 Å². The quantitative estimate of drug-likeness (QED) is 0.807. The van der Waals surface area contributed by atoms with Crippen molar-refractivity contribution in [2.75, 3.05) is 39.9 Å². The van der Waals surface area contributed by atoms with Gasteiger partial charge in [0.05, 0.1) is 11.5 Å². The monoisotopic (exact) mass is 352 g/mol. The third-order valence-electron chi connectivity index (χ3n) is 4.75. The van der Waals surface area contributed by atoms with Crippen LogP contribution in [0.25, 0.3) is 0 Å². The number of ether oxygens (including phenoxy) is 1. The van der Waals surface area contributed by atoms with E-state index in [0.29, 0.717) is 25.3 Å². The Morgan fingerprint density at radius 1 is 1.25 bits per heavy atom. The van der Waals surface area contributed by atoms with Gasteiger partial charge in [0, 0.05) is 38.9 Å². The van der Waals surface area contributed by atoms with E-state index in [1.54, 1.807) is 30.2 Å². The third kappa shape index (κ3) is 3.48. The normalized spacial score (nSPS) is 22.2. The van der Waals surface area contributed by atoms with Crippen molar-refractivity contribution in [3.63, 3.8) is 0 Å². The van der Waals surface area contributed by atoms with Crippen molar-refractivity contribution >= 4 is 15.9 Å². The number of nitrogens with zero attached hydrogens (tertiary/aromatic N) is 2. The van der Waals surface area contributed by atoms with Gasteiger partial charge in [-0.05, 0) is 43.4 Å². The molecule has 2 saturated heterocycles. The number of carbonyl (C=O) groups is 1. The van der Waals surface area contributed by atoms with Crippen LogP contribution >= 0.6 is 0 Å². The number of piperidine rings is 1. The van der Waals surface area contributed by atoms with Crippen LogP contribution in [0.3, 0.4) is 0 Å². The zero-order valence-corrected chi connectivity index (χ0v) is 14.8. The lowest BCUT2D eigenvalue weighted by atomic mass is 10.0. The first-order valence-corrected chi connectivity index (χ1v) is 9.85. The van der Waals surface area contributed by atoms with Crippen molar-refractivity contribution < 1.29 is 17.9 Å². The van der Waals surface area contributed by atoms with Crippen molar-refractivity contribution in [3.8, 4) is 0 Å². The molecule has 0 bridgehead atoms. The zero-order chi connectivity index (χ0) is 17.2. The highest BCUT2D eigenvalue weighted by atomic mass is 32.2. The van der Waals surface area contributed by atoms with E-state index in [4.69, 9.17) is 4.74 Å². The second-order valence-electron chi connectivity index (χ2n) is 6.50. The molecule has 3 rings (SSSR count). The molecule has 0 radical (unpaired) electrons. The summed E-state index contributed by atoms with van der Waals surface area (Å²) in [7, 11) is -1.94. The molecule has 7 heteroatoms. The minimum atomic E-state index is -3.58. The number of hydrogen-bond acceptors (Lipinski definition) is 4. The van der Waals surface area contributed by atoms with E-state index in [1.165, 1.54) is 10.4 Å². The van der Waals surface area contributed by atoms with Gasteiger partial charge in [-0.3, -0.25) is 4.79 Å². The van der Waals surface area contributed by atoms with Gasteiger partial charge in [0.1, 0.15) is 0 Å². The number of benzene rings is 1. The van der Waals surface area contributed by atoms with E-state index in [2.05, 4.69) is 0 Å². The lowest BCUT2D eigenvalue weighted by Crippen LogP contribution is -2.42. The number of carbonyl (C=O) groups excluding carboxylic acids is 1. The third-order valence-corrected chi connectivity index (χ3v) is 6.61. The minimum absolute atomic E-state index is 0.0887. The van der Waals surface area contributed by atoms with Crippen LogP contribution < -0.4 is 0 Å². The van der Waals surface area contributed by atoms with Gasteiger partial charge in [-0.15, -0.1) is 0 Å². The summed E-state index contributed by atoms with van der Waals surface area (Å²) >= 11 is 0. The van der Waals surface area contributed by atoms with Gasteiger partial charge >= 0.3 is 0 Å². The van der Waals surface area contributed by atoms with E-state index in [9.17, 15) is 13.2 Å². The molecular weight excluding hydrogens is 328 g/mol. The molecule has 6 nitrogen and oxygen atoms in total. The second-order valence-corrected chi connectivity index (χ2v) is 8.44. The second kappa shape index (κ2) is 7.21. The molecule has 1 atom stereocenters. The van der Waals surface area contributed by atoms with E-state index < -0.39 is 10.0 Å². The number of amides is 1. The molecule has 132 valence electrons. The maximum absolute atomic E-state index is 12.9. The molecule has 2 aliphatic heterocycles. The summed E-state index contributed by atoms with van der Waals surface area (Å²) in [4.78, 5) is 14.3. The summed E-state index contributed by atoms with van der Waals surface area (Å²) < 4.78 is 32.5. The van der Waals surface area contributed by atoms with Gasteiger partial charge in [0.25, 0.3) is 5.91 Å². The van der Waals surface area contributed by atoms with Gasteiger partial charge in [0.15, 0.2) is 0 Å². The fraction of sp³-hybridized carbons (Fsp3) is 0.588. The maximum atomic E-state index is 12.9. The zero-order valence-electron chi connectivity index (χ0n) is 14.0. The lowest BCUT2D eigenvalue weighted by Gasteiger charge is -2.32. The highest BCUT2D eigenvalue weighted by Gasteiger charge is 2.31. The van der Waals surface area contributed by atoms with E-state index in [0.717, 1.165) is 32.4 Å². The Morgan fingerprint density at radius 3 is 2.71 bits per heavy atom. The average molecular weight is 352 g/mol. The van der Waals surface area contributed by atoms with Crippen molar-refractivity contribution in [1.29, 1.82) is 0 Å². The van der Waals surface area contributed by atoms with Crippen LogP contribution in [-0.2, 0) is 14.8 Å². The topological polar surface area (TPSA) is 66.9 Å². The summed E-state index contributed by atoms with van der Waals surface area (Å²) in [6, 6.07) is 6.41. The number of sulfonamides is 1. The van der Waals surface area contributed by atoms with Gasteiger partial charge < -0.3 is 9.64 Å². The van der Waals surface area contributed by atoms with E-state index in [-0.39, 0.29) is 16.7 Å². The Hall–Kier alpha value is -1.44. The van der Waals surface area contributed by atoms with Gasteiger partial charge in [0.2, 0.25) is 10.0 Å². The molecule has 1 aromatic rings. The van der Waals surface area contributed by atoms with Crippen molar-refractivity contribution in [2.45, 2.75) is 24.2 Å². The summed E-state index contributed by atoms with van der Waals surface area (Å²) in [5.41, 5.74) is 0.446. The molecule has 0 aromatic heterocycles. The van der Waals surface area contributed by atoms with Crippen LogP contribution in [-0.4, -0.2) is 63.4 Å². The minimum Gasteiger partial charge on any atom is -0.384 e. The molecule has 2 fully saturated rings. The van der Waals surface area contributed by atoms with Crippen molar-refractivity contribution in [1.82, 2.24) is 9.21 Å². The Labute approximate surface area is 143 Å². The molecule has 0 unspecified atom stereocenters. The number of rotatable bonds is 5. The largest absolute Gasteiger partial charge is 0.384 e. The first-order valence-electron chi connectivity index (χ1n) is 8.41. The molecule has 1 amide bonds. The molecular formula is C17H24N2O4S. The van der Waals surface area contributed by atoms with Crippen LogP contribution in [0, 0.1) is 5.92 Å². The lowest BCUT2D eigenvalue weighted by molar-refractivity contribution is 0.0651. The fourth-order valence-corrected chi connectivity index (χ4v) is 4.86. The number of hydrogen-bond donors (Lipinski definition) is 0. The standard InChI is InChI=1S/C17H24N2O4S/c1-23-13-14-5-3-10-19(12-14)24(21,22)16-7-2-6-15(11-16)17(20)18-8-4-9-18/h2,6-7,11,14H,3-5,8-10,12-13H2,1H3/t14-/m0/s1. The van der Waals surface area contributed by atoms with Crippen LogP contribution in [0.1, 0.15) is 29.6 Å². The molecule has 0 aliphatic carbocycles. The van der Waals surface area contributed by atoms with Gasteiger partial charge in [-0.25, -0.2) is 8.42 Å². The highest BCUT2D eigenvalue weighted by molar-refractivity contribution is 7.89. The Balaban J connectivity index is 1.80. The summed E-state index contributed by atoms with van der Waals surface area (Å²) in [6.45, 7) is 3.06. The van der Waals surface area contributed by atoms with E-state index in [1.807, 2.05) is 0 Å². The van der Waals surface area contributed by atoms with Crippen LogP contribution in [0.2, 0.25) is 0 Å². The Morgan fingerprint density at radius 2 is 2.04 bits per heavy atom. The summed E-state index contributed by atoms with van der Waals surface area (Å²) in [6.07, 6.45) is 2.82. The highest BCUT2D eigenvalue weighted by Crippen LogP contribution is 2.25. The van der Waals surface area contributed by atoms with Crippen LogP contribution in [0.5, 0.6) is 0 Å². The van der Waals surface area contributed by atoms with Gasteiger partial charge in [-0.2, -0.15) is 4.31 Å². The summed E-state index contributed by atoms with van der Waals surface area (Å²) in [5, 5.41) is 0. The summed E-state index contributed by atoms with van der Waals surface area (Å²) in [5.74, 6) is 0.138. The molecule has 0 saturated carbocycles. The smallest absolute Gasteiger partial charge is 0.253 e. The fourth-order valence-electron chi connectivity index (χ4n) is 3.26. The average Bonchev–Trinajstić information content (AvgIpc) is 2.54. The Kier molecular flexibility index (Phi) is 5.22. The first-order chi connectivity index (χ1) is 11.5.